The van der Waals surface area contributed by atoms with E-state index in [0.29, 0.717) is 15.6 Å². The maximum atomic E-state index is 13.4. The van der Waals surface area contributed by atoms with Crippen molar-refractivity contribution in [1.82, 2.24) is 9.62 Å². The van der Waals surface area contributed by atoms with Crippen molar-refractivity contribution in [2.45, 2.75) is 31.3 Å². The van der Waals surface area contributed by atoms with Crippen LogP contribution < -0.4 is 5.32 Å². The molecule has 5 nitrogen and oxygen atoms in total. The first kappa shape index (κ1) is 24.3. The van der Waals surface area contributed by atoms with Crippen LogP contribution in [0.25, 0.3) is 0 Å². The number of sulfonamides is 1. The molecule has 0 radical (unpaired) electrons. The van der Waals surface area contributed by atoms with Gasteiger partial charge in [0.25, 0.3) is 0 Å². The standard InChI is InChI=1S/C24H24Cl2N2O3S/c1-17-11-13-20(14-12-17)32(30,31)28(15-21-22(25)9-6-10-23(21)26)16-24(29)27-18(2)19-7-4-3-5-8-19/h3-14,18H,15-16H2,1-2H3,(H,27,29)/t18-/m0/s1. The Kier molecular flexibility index (Phi) is 7.96. The van der Waals surface area contributed by atoms with Gasteiger partial charge in [0.1, 0.15) is 0 Å². The molecule has 0 saturated heterocycles. The molecule has 3 aromatic carbocycles. The predicted molar refractivity (Wildman–Crippen MR) is 128 cm³/mol. The molecule has 32 heavy (non-hydrogen) atoms. The summed E-state index contributed by atoms with van der Waals surface area (Å²) >= 11 is 12.6. The van der Waals surface area contributed by atoms with Gasteiger partial charge in [0.05, 0.1) is 17.5 Å². The van der Waals surface area contributed by atoms with Crippen molar-refractivity contribution in [2.75, 3.05) is 6.54 Å². The van der Waals surface area contributed by atoms with Crippen molar-refractivity contribution in [2.24, 2.45) is 0 Å². The molecule has 0 saturated carbocycles. The minimum Gasteiger partial charge on any atom is -0.348 e. The number of aryl methyl sites for hydroxylation is 1. The first-order valence-electron chi connectivity index (χ1n) is 10.0. The van der Waals surface area contributed by atoms with Gasteiger partial charge in [-0.05, 0) is 43.7 Å². The fourth-order valence-corrected chi connectivity index (χ4v) is 5.10. The van der Waals surface area contributed by atoms with Crippen LogP contribution in [0.2, 0.25) is 10.0 Å². The number of nitrogens with one attached hydrogen (secondary N) is 1. The number of hydrogen-bond donors (Lipinski definition) is 1. The van der Waals surface area contributed by atoms with E-state index < -0.39 is 15.9 Å². The highest BCUT2D eigenvalue weighted by Crippen LogP contribution is 2.28. The van der Waals surface area contributed by atoms with Crippen LogP contribution in [0.15, 0.2) is 77.7 Å². The molecule has 0 fully saturated rings. The Morgan fingerprint density at radius 3 is 2.12 bits per heavy atom. The summed E-state index contributed by atoms with van der Waals surface area (Å²) in [5.41, 5.74) is 2.29. The Hall–Kier alpha value is -2.38. The lowest BCUT2D eigenvalue weighted by Gasteiger charge is -2.24. The molecule has 3 rings (SSSR count). The summed E-state index contributed by atoms with van der Waals surface area (Å²) in [5, 5.41) is 3.53. The summed E-state index contributed by atoms with van der Waals surface area (Å²) in [4.78, 5) is 12.9. The Morgan fingerprint density at radius 1 is 0.938 bits per heavy atom. The zero-order valence-corrected chi connectivity index (χ0v) is 20.1. The molecular weight excluding hydrogens is 467 g/mol. The van der Waals surface area contributed by atoms with Crippen molar-refractivity contribution < 1.29 is 13.2 Å². The highest BCUT2D eigenvalue weighted by Gasteiger charge is 2.28. The Morgan fingerprint density at radius 2 is 1.53 bits per heavy atom. The zero-order chi connectivity index (χ0) is 23.3. The van der Waals surface area contributed by atoms with Crippen molar-refractivity contribution >= 4 is 39.1 Å². The van der Waals surface area contributed by atoms with Crippen LogP contribution in [-0.4, -0.2) is 25.2 Å². The van der Waals surface area contributed by atoms with Crippen LogP contribution >= 0.6 is 23.2 Å². The van der Waals surface area contributed by atoms with Gasteiger partial charge in [-0.2, -0.15) is 4.31 Å². The van der Waals surface area contributed by atoms with Crippen LogP contribution in [0, 0.1) is 6.92 Å². The number of hydrogen-bond acceptors (Lipinski definition) is 3. The van der Waals surface area contributed by atoms with Crippen molar-refractivity contribution in [3.8, 4) is 0 Å². The van der Waals surface area contributed by atoms with E-state index in [4.69, 9.17) is 23.2 Å². The topological polar surface area (TPSA) is 66.5 Å². The fraction of sp³-hybridized carbons (Fsp3) is 0.208. The summed E-state index contributed by atoms with van der Waals surface area (Å²) in [6.07, 6.45) is 0. The van der Waals surface area contributed by atoms with Gasteiger partial charge in [-0.25, -0.2) is 8.42 Å². The van der Waals surface area contributed by atoms with Crippen LogP contribution in [0.3, 0.4) is 0 Å². The van der Waals surface area contributed by atoms with Gasteiger partial charge in [-0.1, -0.05) is 77.3 Å². The lowest BCUT2D eigenvalue weighted by molar-refractivity contribution is -0.122. The number of halogens is 2. The van der Waals surface area contributed by atoms with Gasteiger partial charge in [0, 0.05) is 22.2 Å². The third-order valence-electron chi connectivity index (χ3n) is 5.05. The minimum absolute atomic E-state index is 0.0928. The number of carbonyl (C=O) groups is 1. The highest BCUT2D eigenvalue weighted by atomic mass is 35.5. The van der Waals surface area contributed by atoms with Crippen molar-refractivity contribution in [3.63, 3.8) is 0 Å². The van der Waals surface area contributed by atoms with Gasteiger partial charge in [-0.15, -0.1) is 0 Å². The Balaban J connectivity index is 1.89. The van der Waals surface area contributed by atoms with Crippen molar-refractivity contribution in [3.05, 3.63) is 99.5 Å². The molecule has 3 aromatic rings. The van der Waals surface area contributed by atoms with E-state index in [1.807, 2.05) is 44.2 Å². The summed E-state index contributed by atoms with van der Waals surface area (Å²) in [7, 11) is -3.99. The number of rotatable bonds is 8. The second kappa shape index (κ2) is 10.5. The first-order chi connectivity index (χ1) is 15.2. The van der Waals surface area contributed by atoms with E-state index in [1.165, 1.54) is 12.1 Å². The van der Waals surface area contributed by atoms with E-state index in [1.54, 1.807) is 30.3 Å². The first-order valence-corrected chi connectivity index (χ1v) is 12.2. The summed E-state index contributed by atoms with van der Waals surface area (Å²) in [5.74, 6) is -0.430. The lowest BCUT2D eigenvalue weighted by Crippen LogP contribution is -2.41. The number of benzene rings is 3. The van der Waals surface area contributed by atoms with Crippen LogP contribution in [-0.2, 0) is 21.4 Å². The molecule has 0 unspecified atom stereocenters. The third kappa shape index (κ3) is 5.90. The Labute approximate surface area is 199 Å². The molecule has 0 aliphatic rings. The normalized spacial score (nSPS) is 12.5. The van der Waals surface area contributed by atoms with E-state index in [9.17, 15) is 13.2 Å². The fourth-order valence-electron chi connectivity index (χ4n) is 3.22. The second-order valence-electron chi connectivity index (χ2n) is 7.49. The van der Waals surface area contributed by atoms with Gasteiger partial charge in [0.15, 0.2) is 0 Å². The SMILES string of the molecule is Cc1ccc(S(=O)(=O)N(CC(=O)N[C@@H](C)c2ccccc2)Cc2c(Cl)cccc2Cl)cc1. The van der Waals surface area contributed by atoms with Crippen LogP contribution in [0.4, 0.5) is 0 Å². The number of nitrogens with zero attached hydrogens (tertiary/aromatic N) is 1. The molecule has 1 atom stereocenters. The molecule has 1 N–H and O–H groups in total. The number of carbonyl (C=O) groups excluding carboxylic acids is 1. The summed E-state index contributed by atoms with van der Waals surface area (Å²) in [6.45, 7) is 3.20. The van der Waals surface area contributed by atoms with E-state index in [2.05, 4.69) is 5.32 Å². The molecule has 8 heteroatoms. The molecule has 0 aliphatic carbocycles. The van der Waals surface area contributed by atoms with Gasteiger partial charge >= 0.3 is 0 Å². The van der Waals surface area contributed by atoms with Crippen LogP contribution in [0.5, 0.6) is 0 Å². The average Bonchev–Trinajstić information content (AvgIpc) is 2.76. The maximum Gasteiger partial charge on any atom is 0.243 e. The quantitative estimate of drug-likeness (QED) is 0.461. The molecule has 1 amide bonds. The average molecular weight is 491 g/mol. The highest BCUT2D eigenvalue weighted by molar-refractivity contribution is 7.89. The van der Waals surface area contributed by atoms with Gasteiger partial charge in [0.2, 0.25) is 15.9 Å². The maximum absolute atomic E-state index is 13.4. The van der Waals surface area contributed by atoms with Crippen molar-refractivity contribution in [1.29, 1.82) is 0 Å². The van der Waals surface area contributed by atoms with E-state index >= 15 is 0 Å². The van der Waals surface area contributed by atoms with Gasteiger partial charge in [-0.3, -0.25) is 4.79 Å². The van der Waals surface area contributed by atoms with E-state index in [-0.39, 0.29) is 24.0 Å². The molecule has 168 valence electrons. The number of amides is 1. The molecule has 0 spiro atoms. The molecule has 0 aromatic heterocycles. The minimum atomic E-state index is -3.99. The predicted octanol–water partition coefficient (Wildman–Crippen LogP) is 5.37. The van der Waals surface area contributed by atoms with Crippen LogP contribution in [0.1, 0.15) is 29.7 Å². The lowest BCUT2D eigenvalue weighted by atomic mass is 10.1. The smallest absolute Gasteiger partial charge is 0.243 e. The Bertz CT molecular complexity index is 1160. The monoisotopic (exact) mass is 490 g/mol. The zero-order valence-electron chi connectivity index (χ0n) is 17.8. The summed E-state index contributed by atoms with van der Waals surface area (Å²) < 4.78 is 27.9. The second-order valence-corrected chi connectivity index (χ2v) is 10.2. The molecule has 0 bridgehead atoms. The molecular formula is C24H24Cl2N2O3S. The molecule has 0 heterocycles. The van der Waals surface area contributed by atoms with Gasteiger partial charge < -0.3 is 5.32 Å². The summed E-state index contributed by atoms with van der Waals surface area (Å²) in [6, 6.07) is 20.6. The molecule has 0 aliphatic heterocycles. The van der Waals surface area contributed by atoms with E-state index in [0.717, 1.165) is 15.4 Å². The third-order valence-corrected chi connectivity index (χ3v) is 7.57. The largest absolute Gasteiger partial charge is 0.348 e.